The standard InChI is InChI=1S/C20H25N3O5/c24-18-3-1-7-22(18)8-2-6-21-20(26)14-11-19(25)23(13-14)15-4-5-16-17(12-15)28-10-9-27-16/h4-5,12,14H,1-3,6-11,13H2,(H,21,26). The number of carbonyl (C=O) groups excluding carboxylic acids is 3. The number of likely N-dealkylation sites (tertiary alicyclic amines) is 1. The predicted molar refractivity (Wildman–Crippen MR) is 101 cm³/mol. The number of carbonyl (C=O) groups is 3. The fourth-order valence-corrected chi connectivity index (χ4v) is 3.90. The van der Waals surface area contributed by atoms with Gasteiger partial charge in [-0.1, -0.05) is 0 Å². The number of anilines is 1. The Morgan fingerprint density at radius 1 is 1.14 bits per heavy atom. The number of ether oxygens (including phenoxy) is 2. The van der Waals surface area contributed by atoms with Gasteiger partial charge in [0, 0.05) is 50.8 Å². The van der Waals surface area contributed by atoms with Crippen molar-refractivity contribution in [1.29, 1.82) is 0 Å². The zero-order chi connectivity index (χ0) is 19.5. The molecule has 0 bridgehead atoms. The molecular weight excluding hydrogens is 362 g/mol. The first-order valence-electron chi connectivity index (χ1n) is 9.87. The number of rotatable bonds is 6. The van der Waals surface area contributed by atoms with Crippen molar-refractivity contribution in [2.45, 2.75) is 25.7 Å². The summed E-state index contributed by atoms with van der Waals surface area (Å²) >= 11 is 0. The Morgan fingerprint density at radius 2 is 1.96 bits per heavy atom. The van der Waals surface area contributed by atoms with Gasteiger partial charge in [0.15, 0.2) is 11.5 Å². The predicted octanol–water partition coefficient (Wildman–Crippen LogP) is 0.939. The first kappa shape index (κ1) is 18.6. The van der Waals surface area contributed by atoms with Crippen molar-refractivity contribution in [3.8, 4) is 11.5 Å². The van der Waals surface area contributed by atoms with Gasteiger partial charge < -0.3 is 24.6 Å². The van der Waals surface area contributed by atoms with E-state index >= 15 is 0 Å². The smallest absolute Gasteiger partial charge is 0.227 e. The maximum Gasteiger partial charge on any atom is 0.227 e. The molecule has 2 saturated heterocycles. The van der Waals surface area contributed by atoms with Gasteiger partial charge >= 0.3 is 0 Å². The van der Waals surface area contributed by atoms with Crippen LogP contribution in [0.1, 0.15) is 25.7 Å². The molecule has 2 fully saturated rings. The van der Waals surface area contributed by atoms with Crippen LogP contribution in [0.2, 0.25) is 0 Å². The molecule has 8 nitrogen and oxygen atoms in total. The minimum absolute atomic E-state index is 0.0699. The molecule has 3 heterocycles. The van der Waals surface area contributed by atoms with Crippen LogP contribution in [-0.2, 0) is 14.4 Å². The summed E-state index contributed by atoms with van der Waals surface area (Å²) < 4.78 is 11.1. The zero-order valence-corrected chi connectivity index (χ0v) is 15.8. The van der Waals surface area contributed by atoms with Crippen LogP contribution in [0.4, 0.5) is 5.69 Å². The first-order valence-corrected chi connectivity index (χ1v) is 9.87. The van der Waals surface area contributed by atoms with Gasteiger partial charge in [0.25, 0.3) is 0 Å². The van der Waals surface area contributed by atoms with E-state index in [4.69, 9.17) is 9.47 Å². The molecule has 1 aromatic carbocycles. The average molecular weight is 387 g/mol. The van der Waals surface area contributed by atoms with Crippen LogP contribution in [0.25, 0.3) is 0 Å². The van der Waals surface area contributed by atoms with Crippen molar-refractivity contribution >= 4 is 23.4 Å². The monoisotopic (exact) mass is 387 g/mol. The second-order valence-corrected chi connectivity index (χ2v) is 7.36. The second kappa shape index (κ2) is 8.08. The van der Waals surface area contributed by atoms with E-state index in [1.807, 2.05) is 11.0 Å². The SMILES string of the molecule is O=C(NCCCN1CCCC1=O)C1CC(=O)N(c2ccc3c(c2)OCCO3)C1. The van der Waals surface area contributed by atoms with E-state index in [1.54, 1.807) is 17.0 Å². The number of hydrogen-bond donors (Lipinski definition) is 1. The highest BCUT2D eigenvalue weighted by molar-refractivity contribution is 6.00. The lowest BCUT2D eigenvalue weighted by molar-refractivity contribution is -0.127. The van der Waals surface area contributed by atoms with E-state index in [0.29, 0.717) is 50.8 Å². The maximum absolute atomic E-state index is 12.4. The summed E-state index contributed by atoms with van der Waals surface area (Å²) in [5, 5.41) is 2.91. The molecule has 1 N–H and O–H groups in total. The molecule has 3 aliphatic heterocycles. The van der Waals surface area contributed by atoms with Crippen molar-refractivity contribution in [1.82, 2.24) is 10.2 Å². The Hall–Kier alpha value is -2.77. The van der Waals surface area contributed by atoms with E-state index in [-0.39, 0.29) is 30.1 Å². The summed E-state index contributed by atoms with van der Waals surface area (Å²) in [6, 6.07) is 5.41. The topological polar surface area (TPSA) is 88.2 Å². The lowest BCUT2D eigenvalue weighted by Gasteiger charge is -2.22. The molecule has 0 spiro atoms. The van der Waals surface area contributed by atoms with Gasteiger partial charge in [0.2, 0.25) is 17.7 Å². The molecule has 1 aromatic rings. The van der Waals surface area contributed by atoms with E-state index in [0.717, 1.165) is 25.1 Å². The fourth-order valence-electron chi connectivity index (χ4n) is 3.90. The maximum atomic E-state index is 12.4. The highest BCUT2D eigenvalue weighted by atomic mass is 16.6. The Bertz CT molecular complexity index is 781. The Morgan fingerprint density at radius 3 is 2.75 bits per heavy atom. The molecule has 3 amide bonds. The van der Waals surface area contributed by atoms with Crippen molar-refractivity contribution in [2.75, 3.05) is 44.3 Å². The summed E-state index contributed by atoms with van der Waals surface area (Å²) in [4.78, 5) is 39.9. The quantitative estimate of drug-likeness (QED) is 0.734. The fraction of sp³-hybridized carbons (Fsp3) is 0.550. The van der Waals surface area contributed by atoms with Gasteiger partial charge in [-0.2, -0.15) is 0 Å². The van der Waals surface area contributed by atoms with Crippen molar-refractivity contribution < 1.29 is 23.9 Å². The Kier molecular flexibility index (Phi) is 5.36. The minimum atomic E-state index is -0.367. The largest absolute Gasteiger partial charge is 0.486 e. The van der Waals surface area contributed by atoms with Gasteiger partial charge in [-0.05, 0) is 25.0 Å². The second-order valence-electron chi connectivity index (χ2n) is 7.36. The van der Waals surface area contributed by atoms with Crippen LogP contribution in [0.5, 0.6) is 11.5 Å². The van der Waals surface area contributed by atoms with Gasteiger partial charge in [-0.15, -0.1) is 0 Å². The van der Waals surface area contributed by atoms with Crippen molar-refractivity contribution in [3.05, 3.63) is 18.2 Å². The van der Waals surface area contributed by atoms with Crippen LogP contribution < -0.4 is 19.7 Å². The van der Waals surface area contributed by atoms with E-state index < -0.39 is 0 Å². The molecular formula is C20H25N3O5. The van der Waals surface area contributed by atoms with Gasteiger partial charge in [-0.3, -0.25) is 14.4 Å². The van der Waals surface area contributed by atoms with Crippen molar-refractivity contribution in [2.24, 2.45) is 5.92 Å². The van der Waals surface area contributed by atoms with E-state index in [9.17, 15) is 14.4 Å². The number of amides is 3. The van der Waals surface area contributed by atoms with E-state index in [2.05, 4.69) is 5.32 Å². The molecule has 150 valence electrons. The van der Waals surface area contributed by atoms with Gasteiger partial charge in [0.1, 0.15) is 13.2 Å². The van der Waals surface area contributed by atoms with E-state index in [1.165, 1.54) is 0 Å². The molecule has 3 aliphatic rings. The highest BCUT2D eigenvalue weighted by Crippen LogP contribution is 2.35. The molecule has 0 aliphatic carbocycles. The number of hydrogen-bond acceptors (Lipinski definition) is 5. The summed E-state index contributed by atoms with van der Waals surface area (Å²) in [6.07, 6.45) is 2.48. The number of nitrogens with one attached hydrogen (secondary N) is 1. The van der Waals surface area contributed by atoms with Gasteiger partial charge in [-0.25, -0.2) is 0 Å². The van der Waals surface area contributed by atoms with Gasteiger partial charge in [0.05, 0.1) is 5.92 Å². The molecule has 0 aromatic heterocycles. The average Bonchev–Trinajstić information content (AvgIpc) is 3.30. The molecule has 1 unspecified atom stereocenters. The molecule has 0 saturated carbocycles. The molecule has 28 heavy (non-hydrogen) atoms. The minimum Gasteiger partial charge on any atom is -0.486 e. The number of benzene rings is 1. The lowest BCUT2D eigenvalue weighted by Crippen LogP contribution is -2.35. The highest BCUT2D eigenvalue weighted by Gasteiger charge is 2.35. The summed E-state index contributed by atoms with van der Waals surface area (Å²) in [7, 11) is 0. The number of fused-ring (bicyclic) bond motifs is 1. The molecule has 8 heteroatoms. The molecule has 1 atom stereocenters. The summed E-state index contributed by atoms with van der Waals surface area (Å²) in [5.41, 5.74) is 0.720. The summed E-state index contributed by atoms with van der Waals surface area (Å²) in [6.45, 7) is 3.36. The van der Waals surface area contributed by atoms with Crippen molar-refractivity contribution in [3.63, 3.8) is 0 Å². The lowest BCUT2D eigenvalue weighted by atomic mass is 10.1. The zero-order valence-electron chi connectivity index (χ0n) is 15.8. The van der Waals surface area contributed by atoms with Crippen LogP contribution in [0.3, 0.4) is 0 Å². The Balaban J connectivity index is 1.28. The van der Waals surface area contributed by atoms with Crippen LogP contribution >= 0.6 is 0 Å². The van der Waals surface area contributed by atoms with Crippen LogP contribution in [0, 0.1) is 5.92 Å². The molecule has 4 rings (SSSR count). The number of nitrogens with zero attached hydrogens (tertiary/aromatic N) is 2. The normalized spacial score (nSPS) is 21.4. The third-order valence-electron chi connectivity index (χ3n) is 5.41. The molecule has 0 radical (unpaired) electrons. The Labute approximate surface area is 163 Å². The van der Waals surface area contributed by atoms with Crippen LogP contribution in [-0.4, -0.2) is 62.0 Å². The van der Waals surface area contributed by atoms with Crippen LogP contribution in [0.15, 0.2) is 18.2 Å². The third kappa shape index (κ3) is 3.90. The summed E-state index contributed by atoms with van der Waals surface area (Å²) in [5.74, 6) is 0.950. The first-order chi connectivity index (χ1) is 13.6. The third-order valence-corrected chi connectivity index (χ3v) is 5.41.